The van der Waals surface area contributed by atoms with E-state index in [9.17, 15) is 0 Å². The third-order valence-electron chi connectivity index (χ3n) is 4.68. The maximum Gasteiger partial charge on any atom is 0.0366 e. The minimum atomic E-state index is 0.494. The fourth-order valence-electron chi connectivity index (χ4n) is 3.37. The zero-order chi connectivity index (χ0) is 14.4. The van der Waals surface area contributed by atoms with Gasteiger partial charge < -0.3 is 10.2 Å². The Morgan fingerprint density at radius 1 is 1.10 bits per heavy atom. The minimum Gasteiger partial charge on any atom is -0.372 e. The summed E-state index contributed by atoms with van der Waals surface area (Å²) in [7, 11) is 2.26. The van der Waals surface area contributed by atoms with Gasteiger partial charge in [-0.15, -0.1) is 0 Å². The van der Waals surface area contributed by atoms with E-state index in [2.05, 4.69) is 55.4 Å². The summed E-state index contributed by atoms with van der Waals surface area (Å²) in [4.78, 5) is 2.48. The molecule has 112 valence electrons. The lowest BCUT2D eigenvalue weighted by Crippen LogP contribution is -2.33. The first-order valence-electron chi connectivity index (χ1n) is 8.32. The molecule has 20 heavy (non-hydrogen) atoms. The fraction of sp³-hybridized carbons (Fsp3) is 0.667. The number of anilines is 1. The van der Waals surface area contributed by atoms with Crippen molar-refractivity contribution in [1.29, 1.82) is 0 Å². The predicted molar refractivity (Wildman–Crippen MR) is 88.4 cm³/mol. The van der Waals surface area contributed by atoms with Gasteiger partial charge in [0.05, 0.1) is 0 Å². The average molecular weight is 274 g/mol. The molecular weight excluding hydrogens is 244 g/mol. The second-order valence-corrected chi connectivity index (χ2v) is 6.01. The Morgan fingerprint density at radius 2 is 1.75 bits per heavy atom. The van der Waals surface area contributed by atoms with Crippen molar-refractivity contribution < 1.29 is 0 Å². The van der Waals surface area contributed by atoms with Crippen LogP contribution < -0.4 is 10.2 Å². The van der Waals surface area contributed by atoms with Gasteiger partial charge in [0, 0.05) is 24.8 Å². The van der Waals surface area contributed by atoms with Gasteiger partial charge >= 0.3 is 0 Å². The van der Waals surface area contributed by atoms with Crippen LogP contribution in [0.3, 0.4) is 0 Å². The molecule has 1 atom stereocenters. The highest BCUT2D eigenvalue weighted by Crippen LogP contribution is 2.27. The topological polar surface area (TPSA) is 15.3 Å². The molecule has 1 aliphatic carbocycles. The molecule has 1 N–H and O–H groups in total. The number of hydrogen-bond donors (Lipinski definition) is 1. The van der Waals surface area contributed by atoms with Crippen LogP contribution in [0.5, 0.6) is 0 Å². The molecule has 2 heteroatoms. The zero-order valence-corrected chi connectivity index (χ0v) is 13.4. The first-order valence-corrected chi connectivity index (χ1v) is 8.32. The monoisotopic (exact) mass is 274 g/mol. The van der Waals surface area contributed by atoms with Crippen LogP contribution in [0.2, 0.25) is 0 Å². The normalized spacial score (nSPS) is 17.9. The largest absolute Gasteiger partial charge is 0.372 e. The van der Waals surface area contributed by atoms with Crippen LogP contribution >= 0.6 is 0 Å². The summed E-state index contributed by atoms with van der Waals surface area (Å²) < 4.78 is 0. The number of hydrogen-bond acceptors (Lipinski definition) is 2. The highest BCUT2D eigenvalue weighted by atomic mass is 15.1. The van der Waals surface area contributed by atoms with E-state index in [0.29, 0.717) is 6.04 Å². The van der Waals surface area contributed by atoms with E-state index in [1.807, 2.05) is 0 Å². The van der Waals surface area contributed by atoms with Gasteiger partial charge in [0.25, 0.3) is 0 Å². The molecule has 1 fully saturated rings. The first-order chi connectivity index (χ1) is 9.76. The van der Waals surface area contributed by atoms with Crippen molar-refractivity contribution in [2.45, 2.75) is 64.5 Å². The third kappa shape index (κ3) is 3.76. The van der Waals surface area contributed by atoms with Crippen molar-refractivity contribution in [2.24, 2.45) is 0 Å². The van der Waals surface area contributed by atoms with Crippen LogP contribution in [-0.4, -0.2) is 19.6 Å². The Bertz CT molecular complexity index is 379. The average Bonchev–Trinajstić information content (AvgIpc) is 2.53. The fourth-order valence-corrected chi connectivity index (χ4v) is 3.37. The molecule has 0 amide bonds. The number of nitrogens with one attached hydrogen (secondary N) is 1. The number of rotatable bonds is 6. The Morgan fingerprint density at radius 3 is 2.30 bits per heavy atom. The van der Waals surface area contributed by atoms with Gasteiger partial charge in [0.15, 0.2) is 0 Å². The van der Waals surface area contributed by atoms with Crippen molar-refractivity contribution in [3.63, 3.8) is 0 Å². The Kier molecular flexibility index (Phi) is 5.90. The summed E-state index contributed by atoms with van der Waals surface area (Å²) in [5, 5.41) is 3.55. The van der Waals surface area contributed by atoms with Gasteiger partial charge in [0.2, 0.25) is 0 Å². The van der Waals surface area contributed by atoms with Gasteiger partial charge in [-0.2, -0.15) is 0 Å². The van der Waals surface area contributed by atoms with E-state index in [1.165, 1.54) is 43.4 Å². The van der Waals surface area contributed by atoms with Crippen LogP contribution in [0.25, 0.3) is 0 Å². The van der Waals surface area contributed by atoms with E-state index in [1.54, 1.807) is 0 Å². The van der Waals surface area contributed by atoms with Crippen molar-refractivity contribution in [2.75, 3.05) is 18.5 Å². The summed E-state index contributed by atoms with van der Waals surface area (Å²) >= 11 is 0. The molecule has 0 aliphatic heterocycles. The second kappa shape index (κ2) is 7.68. The summed E-state index contributed by atoms with van der Waals surface area (Å²) in [5.74, 6) is 0. The van der Waals surface area contributed by atoms with Gasteiger partial charge in [-0.05, 0) is 43.5 Å². The Labute approximate surface area is 124 Å². The zero-order valence-electron chi connectivity index (χ0n) is 13.4. The lowest BCUT2D eigenvalue weighted by Gasteiger charge is -2.33. The molecule has 1 unspecified atom stereocenters. The van der Waals surface area contributed by atoms with Gasteiger partial charge in [0.1, 0.15) is 0 Å². The highest BCUT2D eigenvalue weighted by molar-refractivity contribution is 5.48. The first kappa shape index (κ1) is 15.4. The molecule has 0 spiro atoms. The summed E-state index contributed by atoms with van der Waals surface area (Å²) in [5.41, 5.74) is 2.78. The van der Waals surface area contributed by atoms with Gasteiger partial charge in [-0.25, -0.2) is 0 Å². The molecule has 1 aromatic rings. The van der Waals surface area contributed by atoms with E-state index in [4.69, 9.17) is 0 Å². The maximum atomic E-state index is 3.55. The molecule has 0 heterocycles. The van der Waals surface area contributed by atoms with Crippen molar-refractivity contribution in [3.05, 3.63) is 29.8 Å². The van der Waals surface area contributed by atoms with E-state index in [0.717, 1.165) is 19.0 Å². The van der Waals surface area contributed by atoms with E-state index >= 15 is 0 Å². The molecular formula is C18H30N2. The van der Waals surface area contributed by atoms with Crippen molar-refractivity contribution in [1.82, 2.24) is 5.32 Å². The summed E-state index contributed by atoms with van der Waals surface area (Å²) in [6.07, 6.45) is 8.06. The molecule has 0 aromatic heterocycles. The Balaban J connectivity index is 2.02. The highest BCUT2D eigenvalue weighted by Gasteiger charge is 2.18. The van der Waals surface area contributed by atoms with E-state index in [-0.39, 0.29) is 0 Å². The second-order valence-electron chi connectivity index (χ2n) is 6.01. The van der Waals surface area contributed by atoms with Gasteiger partial charge in [-0.1, -0.05) is 45.2 Å². The van der Waals surface area contributed by atoms with Crippen molar-refractivity contribution >= 4 is 5.69 Å². The quantitative estimate of drug-likeness (QED) is 0.820. The smallest absolute Gasteiger partial charge is 0.0366 e. The lowest BCUT2D eigenvalue weighted by atomic mass is 9.94. The molecule has 2 nitrogen and oxygen atoms in total. The molecule has 2 rings (SSSR count). The molecule has 0 radical (unpaired) electrons. The van der Waals surface area contributed by atoms with Crippen LogP contribution in [-0.2, 0) is 0 Å². The van der Waals surface area contributed by atoms with Crippen LogP contribution in [0, 0.1) is 0 Å². The number of benzene rings is 1. The van der Waals surface area contributed by atoms with Crippen LogP contribution in [0.1, 0.15) is 64.0 Å². The van der Waals surface area contributed by atoms with E-state index < -0.39 is 0 Å². The van der Waals surface area contributed by atoms with Crippen LogP contribution in [0.4, 0.5) is 5.69 Å². The third-order valence-corrected chi connectivity index (χ3v) is 4.68. The molecule has 1 saturated carbocycles. The SMILES string of the molecule is CCNC(CC)c1ccc(N(C)C2CCCCC2)cc1. The van der Waals surface area contributed by atoms with Crippen LogP contribution in [0.15, 0.2) is 24.3 Å². The number of nitrogens with zero attached hydrogens (tertiary/aromatic N) is 1. The standard InChI is InChI=1S/C18H30N2/c1-4-18(19-5-2)15-11-13-17(14-12-15)20(3)16-9-7-6-8-10-16/h11-14,16,18-19H,4-10H2,1-3H3. The molecule has 1 aromatic carbocycles. The lowest BCUT2D eigenvalue weighted by molar-refractivity contribution is 0.427. The van der Waals surface area contributed by atoms with Gasteiger partial charge in [-0.3, -0.25) is 0 Å². The molecule has 0 saturated heterocycles. The summed E-state index contributed by atoms with van der Waals surface area (Å²) in [6.45, 7) is 5.45. The molecule has 1 aliphatic rings. The minimum absolute atomic E-state index is 0.494. The Hall–Kier alpha value is -1.02. The van der Waals surface area contributed by atoms with Crippen molar-refractivity contribution in [3.8, 4) is 0 Å². The maximum absolute atomic E-state index is 3.55. The summed E-state index contributed by atoms with van der Waals surface area (Å²) in [6, 6.07) is 10.4. The molecule has 0 bridgehead atoms. The predicted octanol–water partition coefficient (Wildman–Crippen LogP) is 4.52.